The van der Waals surface area contributed by atoms with Gasteiger partial charge in [0.25, 0.3) is 5.91 Å². The summed E-state index contributed by atoms with van der Waals surface area (Å²) < 4.78 is 5.51. The van der Waals surface area contributed by atoms with Crippen molar-refractivity contribution in [2.24, 2.45) is 5.73 Å². The smallest absolute Gasteiger partial charge is 0.254 e. The number of aliphatic hydroxyl groups is 2. The number of hydrogen-bond acceptors (Lipinski definition) is 9. The maximum atomic E-state index is 11.5. The number of rotatable bonds is 9. The number of β-amino-alcohol motifs (C(OH)–C–C–N with tert-alkyl or cyclic N) is 1. The van der Waals surface area contributed by atoms with E-state index in [-0.39, 0.29) is 30.5 Å². The number of aromatic nitrogens is 2. The maximum Gasteiger partial charge on any atom is 0.254 e. The second-order valence-electron chi connectivity index (χ2n) is 6.10. The standard InChI is InChI=1S/C18H26N6O4/c1-3-15-14(21-8-12(26)10-28-15)7-11(2)23-18-22-9-13(16(19)27)17(24-18)20-5-4-6-25/h3,7,9,12,21,25-26H,1,4-6,8,10H2,2H3,(H2,19,27)(H2,20,22,23,24)/b11-7+/t12-/m0/s1. The first kappa shape index (κ1) is 21.2. The molecule has 152 valence electrons. The molecule has 10 heteroatoms. The van der Waals surface area contributed by atoms with Crippen molar-refractivity contribution in [2.45, 2.75) is 19.4 Å². The van der Waals surface area contributed by atoms with Crippen LogP contribution in [0.2, 0.25) is 0 Å². The van der Waals surface area contributed by atoms with Crippen LogP contribution in [0.1, 0.15) is 23.7 Å². The summed E-state index contributed by atoms with van der Waals surface area (Å²) in [5, 5.41) is 27.7. The van der Waals surface area contributed by atoms with Gasteiger partial charge in [-0.1, -0.05) is 6.58 Å². The molecule has 1 aromatic heterocycles. The number of carbonyl (C=O) groups excluding carboxylic acids is 1. The van der Waals surface area contributed by atoms with Crippen molar-refractivity contribution in [2.75, 3.05) is 36.9 Å². The van der Waals surface area contributed by atoms with Crippen molar-refractivity contribution >= 4 is 17.7 Å². The number of nitrogens with one attached hydrogen (secondary N) is 3. The molecule has 28 heavy (non-hydrogen) atoms. The minimum atomic E-state index is -0.649. The van der Waals surface area contributed by atoms with Gasteiger partial charge >= 0.3 is 0 Å². The van der Waals surface area contributed by atoms with Crippen molar-refractivity contribution in [3.63, 3.8) is 0 Å². The minimum Gasteiger partial charge on any atom is -0.489 e. The van der Waals surface area contributed by atoms with Crippen LogP contribution in [0.4, 0.5) is 11.8 Å². The molecule has 0 fully saturated rings. The highest BCUT2D eigenvalue weighted by molar-refractivity contribution is 5.97. The number of nitrogens with zero attached hydrogens (tertiary/aromatic N) is 2. The fourth-order valence-corrected chi connectivity index (χ4v) is 2.40. The molecule has 0 saturated carbocycles. The molecule has 0 aliphatic carbocycles. The van der Waals surface area contributed by atoms with Gasteiger partial charge in [-0.2, -0.15) is 4.98 Å². The molecule has 0 spiro atoms. The molecule has 2 heterocycles. The van der Waals surface area contributed by atoms with Crippen LogP contribution >= 0.6 is 0 Å². The first-order valence-corrected chi connectivity index (χ1v) is 8.83. The van der Waals surface area contributed by atoms with Gasteiger partial charge in [0.2, 0.25) is 5.95 Å². The summed E-state index contributed by atoms with van der Waals surface area (Å²) in [7, 11) is 0. The number of allylic oxidation sites excluding steroid dienone is 3. The lowest BCUT2D eigenvalue weighted by Crippen LogP contribution is -2.26. The van der Waals surface area contributed by atoms with Gasteiger partial charge in [0.05, 0.1) is 11.3 Å². The highest BCUT2D eigenvalue weighted by Gasteiger charge is 2.15. The Morgan fingerprint density at radius 2 is 2.36 bits per heavy atom. The van der Waals surface area contributed by atoms with E-state index in [2.05, 4.69) is 32.5 Å². The van der Waals surface area contributed by atoms with Gasteiger partial charge in [-0.3, -0.25) is 4.79 Å². The Kier molecular flexibility index (Phi) is 7.78. The fraction of sp³-hybridized carbons (Fsp3) is 0.389. The molecule has 1 aliphatic heterocycles. The molecule has 0 saturated heterocycles. The summed E-state index contributed by atoms with van der Waals surface area (Å²) in [6.07, 6.45) is 4.56. The first-order chi connectivity index (χ1) is 13.4. The number of carbonyl (C=O) groups is 1. The number of nitrogens with two attached hydrogens (primary N) is 1. The molecule has 1 amide bonds. The lowest BCUT2D eigenvalue weighted by atomic mass is 10.2. The van der Waals surface area contributed by atoms with E-state index in [0.717, 1.165) is 0 Å². The van der Waals surface area contributed by atoms with Crippen LogP contribution in [0.15, 0.2) is 42.1 Å². The van der Waals surface area contributed by atoms with Gasteiger partial charge in [-0.25, -0.2) is 4.98 Å². The molecule has 2 rings (SSSR count). The maximum absolute atomic E-state index is 11.5. The van der Waals surface area contributed by atoms with Crippen LogP contribution in [0.3, 0.4) is 0 Å². The number of amides is 1. The number of hydrogen-bond donors (Lipinski definition) is 6. The predicted octanol–water partition coefficient (Wildman–Crippen LogP) is 0.0638. The highest BCUT2D eigenvalue weighted by atomic mass is 16.5. The second kappa shape index (κ2) is 10.3. The van der Waals surface area contributed by atoms with E-state index >= 15 is 0 Å². The summed E-state index contributed by atoms with van der Waals surface area (Å²) in [6, 6.07) is 0. The molecular weight excluding hydrogens is 364 g/mol. The monoisotopic (exact) mass is 390 g/mol. The van der Waals surface area contributed by atoms with E-state index in [1.165, 1.54) is 6.20 Å². The normalized spacial score (nSPS) is 17.2. The van der Waals surface area contributed by atoms with E-state index in [0.29, 0.717) is 36.7 Å². The SMILES string of the molecule is C=CC1=C(/C=C(\C)Nc2ncc(C(N)=O)c(NCCCO)n2)NC[C@H](O)CO1. The van der Waals surface area contributed by atoms with Crippen molar-refractivity contribution in [1.82, 2.24) is 15.3 Å². The molecular formula is C18H26N6O4. The Balaban J connectivity index is 2.19. The van der Waals surface area contributed by atoms with Crippen molar-refractivity contribution in [1.29, 1.82) is 0 Å². The Morgan fingerprint density at radius 3 is 3.04 bits per heavy atom. The Labute approximate surface area is 163 Å². The van der Waals surface area contributed by atoms with Crippen LogP contribution in [-0.4, -0.2) is 58.5 Å². The van der Waals surface area contributed by atoms with E-state index in [1.54, 1.807) is 19.1 Å². The third-order valence-corrected chi connectivity index (χ3v) is 3.76. The average Bonchev–Trinajstić information content (AvgIpc) is 2.83. The molecule has 10 nitrogen and oxygen atoms in total. The molecule has 7 N–H and O–H groups in total. The van der Waals surface area contributed by atoms with Crippen LogP contribution in [0, 0.1) is 0 Å². The van der Waals surface area contributed by atoms with E-state index in [1.807, 2.05) is 0 Å². The Hall–Kier alpha value is -3.11. The van der Waals surface area contributed by atoms with Gasteiger partial charge in [-0.05, 0) is 25.5 Å². The summed E-state index contributed by atoms with van der Waals surface area (Å²) in [4.78, 5) is 19.9. The Bertz CT molecular complexity index is 777. The summed E-state index contributed by atoms with van der Waals surface area (Å²) in [5.41, 5.74) is 6.86. The first-order valence-electron chi connectivity index (χ1n) is 8.83. The van der Waals surface area contributed by atoms with Crippen LogP contribution in [0.5, 0.6) is 0 Å². The number of aliphatic hydroxyl groups excluding tert-OH is 2. The fourth-order valence-electron chi connectivity index (χ4n) is 2.40. The molecule has 1 aromatic rings. The molecule has 0 unspecified atom stereocenters. The lowest BCUT2D eigenvalue weighted by Gasteiger charge is -2.12. The third kappa shape index (κ3) is 5.96. The predicted molar refractivity (Wildman–Crippen MR) is 105 cm³/mol. The number of anilines is 2. The topological polar surface area (TPSA) is 155 Å². The van der Waals surface area contributed by atoms with Gasteiger partial charge in [0, 0.05) is 31.6 Å². The van der Waals surface area contributed by atoms with Crippen LogP contribution in [0.25, 0.3) is 0 Å². The van der Waals surface area contributed by atoms with Crippen LogP contribution in [-0.2, 0) is 4.74 Å². The van der Waals surface area contributed by atoms with Gasteiger partial charge in [0.1, 0.15) is 24.3 Å². The third-order valence-electron chi connectivity index (χ3n) is 3.76. The van der Waals surface area contributed by atoms with Crippen molar-refractivity contribution in [3.8, 4) is 0 Å². The quantitative estimate of drug-likeness (QED) is 0.321. The largest absolute Gasteiger partial charge is 0.489 e. The van der Waals surface area contributed by atoms with E-state index in [4.69, 9.17) is 15.6 Å². The highest BCUT2D eigenvalue weighted by Crippen LogP contribution is 2.16. The zero-order valence-corrected chi connectivity index (χ0v) is 15.7. The van der Waals surface area contributed by atoms with E-state index < -0.39 is 12.0 Å². The van der Waals surface area contributed by atoms with Gasteiger partial charge in [0.15, 0.2) is 0 Å². The molecule has 1 atom stereocenters. The summed E-state index contributed by atoms with van der Waals surface area (Å²) >= 11 is 0. The van der Waals surface area contributed by atoms with E-state index in [9.17, 15) is 9.90 Å². The molecule has 0 aromatic carbocycles. The van der Waals surface area contributed by atoms with Crippen LogP contribution < -0.4 is 21.7 Å². The molecule has 0 bridgehead atoms. The van der Waals surface area contributed by atoms with Gasteiger partial charge in [-0.15, -0.1) is 0 Å². The summed E-state index contributed by atoms with van der Waals surface area (Å²) in [6.45, 7) is 6.50. The zero-order valence-electron chi connectivity index (χ0n) is 15.7. The zero-order chi connectivity index (χ0) is 20.5. The minimum absolute atomic E-state index is 0.0153. The summed E-state index contributed by atoms with van der Waals surface area (Å²) in [5.74, 6) is 0.426. The van der Waals surface area contributed by atoms with Crippen molar-refractivity contribution < 1.29 is 19.7 Å². The van der Waals surface area contributed by atoms with Gasteiger partial charge < -0.3 is 36.6 Å². The van der Waals surface area contributed by atoms with Crippen molar-refractivity contribution in [3.05, 3.63) is 47.6 Å². The number of ether oxygens (including phenoxy) is 1. The Morgan fingerprint density at radius 1 is 1.57 bits per heavy atom. The lowest BCUT2D eigenvalue weighted by molar-refractivity contribution is 0.0854. The number of primary amides is 1. The molecule has 0 radical (unpaired) electrons. The average molecular weight is 390 g/mol. The second-order valence-corrected chi connectivity index (χ2v) is 6.10. The molecule has 1 aliphatic rings.